The van der Waals surface area contributed by atoms with E-state index in [-0.39, 0.29) is 24.1 Å². The molecule has 0 aromatic heterocycles. The highest BCUT2D eigenvalue weighted by Crippen LogP contribution is 2.40. The zero-order valence-corrected chi connectivity index (χ0v) is 18.0. The fraction of sp³-hybridized carbons (Fsp3) is 0.304. The lowest BCUT2D eigenvalue weighted by molar-refractivity contribution is -0.134. The molecule has 2 aromatic rings. The highest BCUT2D eigenvalue weighted by atomic mass is 32.2. The van der Waals surface area contributed by atoms with Crippen molar-refractivity contribution in [1.29, 1.82) is 0 Å². The predicted octanol–water partition coefficient (Wildman–Crippen LogP) is 2.96. The number of anilines is 2. The van der Waals surface area contributed by atoms with Crippen LogP contribution in [0.5, 0.6) is 0 Å². The maximum absolute atomic E-state index is 13.3. The van der Waals surface area contributed by atoms with Gasteiger partial charge in [-0.05, 0) is 44.0 Å². The molecule has 2 heterocycles. The van der Waals surface area contributed by atoms with Gasteiger partial charge in [-0.25, -0.2) is 0 Å². The predicted molar refractivity (Wildman–Crippen MR) is 119 cm³/mol. The molecule has 0 radical (unpaired) electrons. The molecule has 0 saturated carbocycles. The highest BCUT2D eigenvalue weighted by Gasteiger charge is 2.41. The quantitative estimate of drug-likeness (QED) is 0.574. The number of hydrogen-bond acceptors (Lipinski definition) is 5. The van der Waals surface area contributed by atoms with Crippen molar-refractivity contribution < 1.29 is 19.2 Å². The summed E-state index contributed by atoms with van der Waals surface area (Å²) in [5.74, 6) is -1.07. The van der Waals surface area contributed by atoms with Gasteiger partial charge in [-0.3, -0.25) is 19.2 Å². The smallest absolute Gasteiger partial charge is 0.250 e. The van der Waals surface area contributed by atoms with Crippen LogP contribution in [-0.2, 0) is 14.4 Å². The molecule has 1 saturated heterocycles. The van der Waals surface area contributed by atoms with Crippen LogP contribution in [0.25, 0.3) is 0 Å². The summed E-state index contributed by atoms with van der Waals surface area (Å²) in [6.45, 7) is 2.57. The summed E-state index contributed by atoms with van der Waals surface area (Å²) < 4.78 is 0. The summed E-state index contributed by atoms with van der Waals surface area (Å²) in [4.78, 5) is 54.5. The van der Waals surface area contributed by atoms with Gasteiger partial charge in [0, 0.05) is 29.2 Å². The number of Topliss-reactive ketones (excluding diaryl/α,β-unsaturated/α-hetero) is 1. The fourth-order valence-corrected chi connectivity index (χ4v) is 4.99. The second-order valence-electron chi connectivity index (χ2n) is 7.61. The fourth-order valence-electron chi connectivity index (χ4n) is 3.80. The van der Waals surface area contributed by atoms with Crippen LogP contribution >= 0.6 is 11.8 Å². The average molecular weight is 438 g/mol. The van der Waals surface area contributed by atoms with Crippen molar-refractivity contribution in [3.8, 4) is 0 Å². The van der Waals surface area contributed by atoms with Crippen LogP contribution in [0, 0.1) is 0 Å². The Labute approximate surface area is 184 Å². The Bertz CT molecular complexity index is 1050. The normalized spacial score (nSPS) is 18.0. The van der Waals surface area contributed by atoms with Crippen molar-refractivity contribution in [3.63, 3.8) is 0 Å². The Morgan fingerprint density at radius 2 is 1.81 bits per heavy atom. The van der Waals surface area contributed by atoms with Gasteiger partial charge in [-0.2, -0.15) is 0 Å². The van der Waals surface area contributed by atoms with Gasteiger partial charge in [0.25, 0.3) is 5.91 Å². The van der Waals surface area contributed by atoms with Gasteiger partial charge in [0.1, 0.15) is 6.54 Å². The molecule has 0 bridgehead atoms. The van der Waals surface area contributed by atoms with Gasteiger partial charge in [0.15, 0.2) is 11.0 Å². The topological polar surface area (TPSA) is 86.8 Å². The number of thioether (sulfide) groups is 1. The molecule has 2 aromatic carbocycles. The molecular weight excluding hydrogens is 414 g/mol. The molecule has 2 aliphatic heterocycles. The molecular formula is C23H23N3O4S. The summed E-state index contributed by atoms with van der Waals surface area (Å²) >= 11 is 1.25. The van der Waals surface area contributed by atoms with E-state index in [2.05, 4.69) is 5.32 Å². The zero-order chi connectivity index (χ0) is 22.0. The summed E-state index contributed by atoms with van der Waals surface area (Å²) in [6.07, 6.45) is 1.89. The van der Waals surface area contributed by atoms with Gasteiger partial charge in [0.05, 0.1) is 5.69 Å². The number of fused-ring (bicyclic) bond motifs is 1. The van der Waals surface area contributed by atoms with Crippen molar-refractivity contribution in [2.45, 2.75) is 29.9 Å². The van der Waals surface area contributed by atoms with Crippen LogP contribution in [0.4, 0.5) is 11.4 Å². The third-order valence-corrected chi connectivity index (χ3v) is 6.63. The number of likely N-dealkylation sites (tertiary alicyclic amines) is 1. The maximum Gasteiger partial charge on any atom is 0.250 e. The van der Waals surface area contributed by atoms with Crippen LogP contribution in [0.3, 0.4) is 0 Å². The number of nitrogens with zero attached hydrogens (tertiary/aromatic N) is 2. The Morgan fingerprint density at radius 3 is 2.55 bits per heavy atom. The molecule has 1 N–H and O–H groups in total. The number of ketones is 1. The zero-order valence-electron chi connectivity index (χ0n) is 17.2. The largest absolute Gasteiger partial charge is 0.341 e. The Hall–Kier alpha value is -3.13. The number of amides is 3. The number of carbonyl (C=O) groups is 4. The second-order valence-corrected chi connectivity index (χ2v) is 8.75. The molecule has 1 atom stereocenters. The Balaban J connectivity index is 1.55. The number of nitrogens with one attached hydrogen (secondary N) is 1. The summed E-state index contributed by atoms with van der Waals surface area (Å²) in [5.41, 5.74) is 1.59. The van der Waals surface area contributed by atoms with E-state index in [0.717, 1.165) is 17.7 Å². The molecule has 160 valence electrons. The van der Waals surface area contributed by atoms with Crippen molar-refractivity contribution in [1.82, 2.24) is 4.90 Å². The minimum absolute atomic E-state index is 0.100. The second kappa shape index (κ2) is 8.93. The van der Waals surface area contributed by atoms with Gasteiger partial charge < -0.3 is 15.1 Å². The lowest BCUT2D eigenvalue weighted by atomic mass is 10.1. The van der Waals surface area contributed by atoms with Crippen LogP contribution in [0.2, 0.25) is 0 Å². The standard InChI is InChI=1S/C23H23N3O4S/c1-15(27)16-7-6-8-17(13-16)24-20(28)14-26-18-9-2-3-10-19(18)31-21(23(26)30)22(29)25-11-4-5-12-25/h2-3,6-10,13,21H,4-5,11-12,14H2,1H3,(H,24,28). The Kier molecular flexibility index (Phi) is 6.08. The number of carbonyl (C=O) groups excluding carboxylic acids is 4. The minimum atomic E-state index is -0.887. The maximum atomic E-state index is 13.3. The van der Waals surface area contributed by atoms with Crippen molar-refractivity contribution in [3.05, 3.63) is 54.1 Å². The first kappa shape index (κ1) is 21.1. The molecule has 1 fully saturated rings. The molecule has 1 unspecified atom stereocenters. The third-order valence-electron chi connectivity index (χ3n) is 5.39. The SMILES string of the molecule is CC(=O)c1cccc(NC(=O)CN2C(=O)C(C(=O)N3CCCC3)Sc3ccccc32)c1. The number of hydrogen-bond donors (Lipinski definition) is 1. The van der Waals surface area contributed by atoms with E-state index in [9.17, 15) is 19.2 Å². The number of benzene rings is 2. The Morgan fingerprint density at radius 1 is 1.06 bits per heavy atom. The molecule has 31 heavy (non-hydrogen) atoms. The lowest BCUT2D eigenvalue weighted by Crippen LogP contribution is -2.51. The van der Waals surface area contributed by atoms with Crippen molar-refractivity contribution in [2.24, 2.45) is 0 Å². The van der Waals surface area contributed by atoms with Gasteiger partial charge in [0.2, 0.25) is 11.8 Å². The molecule has 8 heteroatoms. The van der Waals surface area contributed by atoms with Gasteiger partial charge >= 0.3 is 0 Å². The summed E-state index contributed by atoms with van der Waals surface area (Å²) in [5, 5.41) is 1.86. The molecule has 2 aliphatic rings. The monoisotopic (exact) mass is 437 g/mol. The van der Waals surface area contributed by atoms with Crippen LogP contribution in [-0.4, -0.2) is 53.3 Å². The van der Waals surface area contributed by atoms with Gasteiger partial charge in [-0.1, -0.05) is 24.3 Å². The molecule has 4 rings (SSSR count). The summed E-state index contributed by atoms with van der Waals surface area (Å²) in [7, 11) is 0. The first-order valence-corrected chi connectivity index (χ1v) is 11.1. The lowest BCUT2D eigenvalue weighted by Gasteiger charge is -2.34. The van der Waals surface area contributed by atoms with E-state index in [1.165, 1.54) is 23.6 Å². The molecule has 7 nitrogen and oxygen atoms in total. The van der Waals surface area contributed by atoms with E-state index >= 15 is 0 Å². The highest BCUT2D eigenvalue weighted by molar-refractivity contribution is 8.01. The molecule has 0 spiro atoms. The van der Waals surface area contributed by atoms with E-state index in [0.29, 0.717) is 30.0 Å². The van der Waals surface area contributed by atoms with Gasteiger partial charge in [-0.15, -0.1) is 11.8 Å². The first-order valence-electron chi connectivity index (χ1n) is 10.2. The average Bonchev–Trinajstić information content (AvgIpc) is 3.30. The van der Waals surface area contributed by atoms with Crippen LogP contribution in [0.1, 0.15) is 30.1 Å². The molecule has 3 amide bonds. The van der Waals surface area contributed by atoms with Crippen LogP contribution in [0.15, 0.2) is 53.4 Å². The number of rotatable bonds is 5. The van der Waals surface area contributed by atoms with E-state index in [1.807, 2.05) is 12.1 Å². The third kappa shape index (κ3) is 4.49. The van der Waals surface area contributed by atoms with Crippen molar-refractivity contribution in [2.75, 3.05) is 29.9 Å². The first-order chi connectivity index (χ1) is 14.9. The summed E-state index contributed by atoms with van der Waals surface area (Å²) in [6, 6.07) is 13.9. The van der Waals surface area contributed by atoms with E-state index < -0.39 is 11.2 Å². The van der Waals surface area contributed by atoms with E-state index in [1.54, 1.807) is 41.3 Å². The van der Waals surface area contributed by atoms with Crippen LogP contribution < -0.4 is 10.2 Å². The number of para-hydroxylation sites is 1. The van der Waals surface area contributed by atoms with Crippen molar-refractivity contribution >= 4 is 46.6 Å². The molecule has 0 aliphatic carbocycles. The van der Waals surface area contributed by atoms with E-state index in [4.69, 9.17) is 0 Å². The minimum Gasteiger partial charge on any atom is -0.341 e.